The molecule has 0 fully saturated rings. The molecule has 0 saturated heterocycles. The number of hydrogen-bond acceptors (Lipinski definition) is 0. The SMILES string of the molecule is CCc1cccc(-c2cc(C)c(F)c(C(C)C)c2)c1. The van der Waals surface area contributed by atoms with Crippen molar-refractivity contribution in [2.24, 2.45) is 0 Å². The first-order valence-corrected chi connectivity index (χ1v) is 6.92. The molecule has 19 heavy (non-hydrogen) atoms. The van der Waals surface area contributed by atoms with Crippen LogP contribution in [0.5, 0.6) is 0 Å². The molecule has 0 unspecified atom stereocenters. The highest BCUT2D eigenvalue weighted by Crippen LogP contribution is 2.29. The van der Waals surface area contributed by atoms with E-state index in [9.17, 15) is 4.39 Å². The maximum atomic E-state index is 14.1. The molecule has 0 aromatic heterocycles. The topological polar surface area (TPSA) is 0 Å². The van der Waals surface area contributed by atoms with Crippen LogP contribution >= 0.6 is 0 Å². The highest BCUT2D eigenvalue weighted by atomic mass is 19.1. The first-order chi connectivity index (χ1) is 9.02. The molecule has 0 aliphatic heterocycles. The predicted molar refractivity (Wildman–Crippen MR) is 80.0 cm³/mol. The lowest BCUT2D eigenvalue weighted by Gasteiger charge is -2.13. The van der Waals surface area contributed by atoms with Crippen molar-refractivity contribution < 1.29 is 4.39 Å². The van der Waals surface area contributed by atoms with E-state index in [1.807, 2.05) is 32.9 Å². The van der Waals surface area contributed by atoms with Gasteiger partial charge in [-0.1, -0.05) is 45.0 Å². The fraction of sp³-hybridized carbons (Fsp3) is 0.333. The molecule has 0 N–H and O–H groups in total. The van der Waals surface area contributed by atoms with Crippen molar-refractivity contribution in [3.63, 3.8) is 0 Å². The molecule has 0 atom stereocenters. The smallest absolute Gasteiger partial charge is 0.129 e. The van der Waals surface area contributed by atoms with Gasteiger partial charge in [0.15, 0.2) is 0 Å². The normalized spacial score (nSPS) is 11.1. The van der Waals surface area contributed by atoms with E-state index in [1.165, 1.54) is 11.1 Å². The Hall–Kier alpha value is -1.63. The predicted octanol–water partition coefficient (Wildman–Crippen LogP) is 5.49. The van der Waals surface area contributed by atoms with Gasteiger partial charge in [0.1, 0.15) is 5.82 Å². The third-order valence-corrected chi connectivity index (χ3v) is 3.57. The molecule has 0 aliphatic carbocycles. The van der Waals surface area contributed by atoms with Gasteiger partial charge in [-0.05, 0) is 59.2 Å². The maximum absolute atomic E-state index is 14.1. The van der Waals surface area contributed by atoms with E-state index in [0.717, 1.165) is 23.1 Å². The van der Waals surface area contributed by atoms with Crippen LogP contribution in [0.15, 0.2) is 36.4 Å². The summed E-state index contributed by atoms with van der Waals surface area (Å²) in [5.41, 5.74) is 5.12. The first kappa shape index (κ1) is 13.8. The second kappa shape index (κ2) is 5.56. The van der Waals surface area contributed by atoms with Crippen molar-refractivity contribution in [1.29, 1.82) is 0 Å². The molecular formula is C18H21F. The highest BCUT2D eigenvalue weighted by Gasteiger charge is 2.12. The minimum absolute atomic E-state index is 0.0644. The summed E-state index contributed by atoms with van der Waals surface area (Å²) < 4.78 is 14.1. The lowest BCUT2D eigenvalue weighted by atomic mass is 9.93. The Labute approximate surface area is 115 Å². The van der Waals surface area contributed by atoms with Crippen LogP contribution in [0, 0.1) is 12.7 Å². The van der Waals surface area contributed by atoms with Crippen LogP contribution < -0.4 is 0 Å². The van der Waals surface area contributed by atoms with E-state index >= 15 is 0 Å². The minimum atomic E-state index is -0.0644. The number of benzene rings is 2. The van der Waals surface area contributed by atoms with Gasteiger partial charge in [-0.3, -0.25) is 0 Å². The Morgan fingerprint density at radius 1 is 1.05 bits per heavy atom. The first-order valence-electron chi connectivity index (χ1n) is 6.92. The monoisotopic (exact) mass is 256 g/mol. The van der Waals surface area contributed by atoms with Gasteiger partial charge >= 0.3 is 0 Å². The molecule has 0 saturated carbocycles. The number of halogens is 1. The number of rotatable bonds is 3. The Kier molecular flexibility index (Phi) is 4.04. The molecule has 2 rings (SSSR count). The summed E-state index contributed by atoms with van der Waals surface area (Å²) in [5, 5.41) is 0. The molecule has 0 heterocycles. The van der Waals surface area contributed by atoms with Crippen LogP contribution in [0.25, 0.3) is 11.1 Å². The average Bonchev–Trinajstić information content (AvgIpc) is 2.41. The molecule has 2 aromatic carbocycles. The lowest BCUT2D eigenvalue weighted by molar-refractivity contribution is 0.590. The van der Waals surface area contributed by atoms with Crippen molar-refractivity contribution in [3.8, 4) is 11.1 Å². The van der Waals surface area contributed by atoms with Gasteiger partial charge < -0.3 is 0 Å². The largest absolute Gasteiger partial charge is 0.206 e. The molecule has 0 amide bonds. The van der Waals surface area contributed by atoms with E-state index in [1.54, 1.807) is 0 Å². The quantitative estimate of drug-likeness (QED) is 0.681. The van der Waals surface area contributed by atoms with Crippen LogP contribution in [-0.2, 0) is 6.42 Å². The van der Waals surface area contributed by atoms with Crippen LogP contribution in [0.1, 0.15) is 43.4 Å². The summed E-state index contributed by atoms with van der Waals surface area (Å²) in [7, 11) is 0. The van der Waals surface area contributed by atoms with Crippen LogP contribution in [0.3, 0.4) is 0 Å². The third-order valence-electron chi connectivity index (χ3n) is 3.57. The molecule has 0 aliphatic rings. The van der Waals surface area contributed by atoms with Crippen molar-refractivity contribution in [2.75, 3.05) is 0 Å². The van der Waals surface area contributed by atoms with Crippen molar-refractivity contribution >= 4 is 0 Å². The van der Waals surface area contributed by atoms with Crippen molar-refractivity contribution in [3.05, 3.63) is 58.9 Å². The zero-order valence-electron chi connectivity index (χ0n) is 12.1. The second-order valence-electron chi connectivity index (χ2n) is 5.40. The zero-order chi connectivity index (χ0) is 14.0. The van der Waals surface area contributed by atoms with Gasteiger partial charge in [0, 0.05) is 0 Å². The van der Waals surface area contributed by atoms with Crippen LogP contribution in [0.4, 0.5) is 4.39 Å². The lowest BCUT2D eigenvalue weighted by Crippen LogP contribution is -1.97. The molecule has 1 heteroatoms. The Balaban J connectivity index is 2.56. The Bertz CT molecular complexity index is 582. The summed E-state index contributed by atoms with van der Waals surface area (Å²) in [5.74, 6) is 0.137. The summed E-state index contributed by atoms with van der Waals surface area (Å²) in [6.07, 6.45) is 1.02. The van der Waals surface area contributed by atoms with Crippen LogP contribution in [-0.4, -0.2) is 0 Å². The van der Waals surface area contributed by atoms with E-state index in [-0.39, 0.29) is 11.7 Å². The maximum Gasteiger partial charge on any atom is 0.129 e. The Morgan fingerprint density at radius 3 is 2.42 bits per heavy atom. The highest BCUT2D eigenvalue weighted by molar-refractivity contribution is 5.66. The van der Waals surface area contributed by atoms with Crippen molar-refractivity contribution in [2.45, 2.75) is 40.0 Å². The third kappa shape index (κ3) is 2.86. The van der Waals surface area contributed by atoms with E-state index in [0.29, 0.717) is 0 Å². The van der Waals surface area contributed by atoms with Gasteiger partial charge in [0.05, 0.1) is 0 Å². The molecule has 0 spiro atoms. The summed E-state index contributed by atoms with van der Waals surface area (Å²) in [4.78, 5) is 0. The van der Waals surface area contributed by atoms with Crippen molar-refractivity contribution in [1.82, 2.24) is 0 Å². The van der Waals surface area contributed by atoms with Gasteiger partial charge in [0.2, 0.25) is 0 Å². The Morgan fingerprint density at radius 2 is 1.79 bits per heavy atom. The molecule has 0 bridgehead atoms. The average molecular weight is 256 g/mol. The summed E-state index contributed by atoms with van der Waals surface area (Å²) in [6, 6.07) is 12.4. The van der Waals surface area contributed by atoms with Gasteiger partial charge in [0.25, 0.3) is 0 Å². The summed E-state index contributed by atoms with van der Waals surface area (Å²) in [6.45, 7) is 8.05. The number of hydrogen-bond donors (Lipinski definition) is 0. The zero-order valence-corrected chi connectivity index (χ0v) is 12.1. The van der Waals surface area contributed by atoms with Gasteiger partial charge in [-0.25, -0.2) is 4.39 Å². The number of aryl methyl sites for hydroxylation is 2. The molecule has 100 valence electrons. The minimum Gasteiger partial charge on any atom is -0.206 e. The van der Waals surface area contributed by atoms with Crippen LogP contribution in [0.2, 0.25) is 0 Å². The van der Waals surface area contributed by atoms with E-state index < -0.39 is 0 Å². The fourth-order valence-corrected chi connectivity index (χ4v) is 2.35. The molecule has 0 nitrogen and oxygen atoms in total. The fourth-order valence-electron chi connectivity index (χ4n) is 2.35. The van der Waals surface area contributed by atoms with Gasteiger partial charge in [-0.15, -0.1) is 0 Å². The van der Waals surface area contributed by atoms with E-state index in [2.05, 4.69) is 31.2 Å². The molecular weight excluding hydrogens is 235 g/mol. The standard InChI is InChI=1S/C18H21F/c1-5-14-7-6-8-15(10-14)16-9-13(4)18(19)17(11-16)12(2)3/h6-12H,5H2,1-4H3. The van der Waals surface area contributed by atoms with E-state index in [4.69, 9.17) is 0 Å². The second-order valence-corrected chi connectivity index (χ2v) is 5.40. The summed E-state index contributed by atoms with van der Waals surface area (Å²) >= 11 is 0. The molecule has 2 aromatic rings. The van der Waals surface area contributed by atoms with Gasteiger partial charge in [-0.2, -0.15) is 0 Å². The molecule has 0 radical (unpaired) electrons.